The number of rotatable bonds is 5. The summed E-state index contributed by atoms with van der Waals surface area (Å²) >= 11 is 0. The van der Waals surface area contributed by atoms with Crippen LogP contribution in [0.1, 0.15) is 38.5 Å². The Hall–Kier alpha value is -2.41. The van der Waals surface area contributed by atoms with Crippen molar-refractivity contribution in [1.82, 2.24) is 15.3 Å². The summed E-state index contributed by atoms with van der Waals surface area (Å²) in [5, 5.41) is 4.16. The standard InChI is InChI=1S/C22H28N4O3/c27-21(15-3-4-15)24-16-5-7-17(8-6-16)29-22-18-2-1-9-23-19(18)14-20(25-22)26-10-12-28-13-11-26/h1-2,9,14-17H,3-8,10-13H2,(H,24,27). The Morgan fingerprint density at radius 3 is 2.69 bits per heavy atom. The van der Waals surface area contributed by atoms with E-state index in [4.69, 9.17) is 14.5 Å². The number of fused-ring (bicyclic) bond motifs is 1. The van der Waals surface area contributed by atoms with Gasteiger partial charge in [-0.3, -0.25) is 9.78 Å². The van der Waals surface area contributed by atoms with Crippen LogP contribution in [0.25, 0.3) is 10.9 Å². The molecule has 2 saturated carbocycles. The molecule has 1 amide bonds. The molecule has 154 valence electrons. The smallest absolute Gasteiger partial charge is 0.225 e. The van der Waals surface area contributed by atoms with E-state index in [0.717, 1.165) is 68.3 Å². The van der Waals surface area contributed by atoms with Crippen LogP contribution in [0.15, 0.2) is 24.4 Å². The Kier molecular flexibility index (Phi) is 5.23. The van der Waals surface area contributed by atoms with E-state index in [-0.39, 0.29) is 24.0 Å². The van der Waals surface area contributed by atoms with Crippen LogP contribution in [-0.4, -0.2) is 54.3 Å². The number of carbonyl (C=O) groups is 1. The number of anilines is 1. The topological polar surface area (TPSA) is 76.6 Å². The number of ether oxygens (including phenoxy) is 2. The van der Waals surface area contributed by atoms with E-state index in [9.17, 15) is 4.79 Å². The first kappa shape index (κ1) is 18.6. The molecule has 29 heavy (non-hydrogen) atoms. The van der Waals surface area contributed by atoms with Gasteiger partial charge in [-0.15, -0.1) is 0 Å². The summed E-state index contributed by atoms with van der Waals surface area (Å²) in [6, 6.07) is 6.27. The van der Waals surface area contributed by atoms with Gasteiger partial charge in [0.2, 0.25) is 11.8 Å². The lowest BCUT2D eigenvalue weighted by Crippen LogP contribution is -2.40. The Balaban J connectivity index is 1.28. The fraction of sp³-hybridized carbons (Fsp3) is 0.591. The molecule has 0 atom stereocenters. The number of nitrogens with zero attached hydrogens (tertiary/aromatic N) is 3. The van der Waals surface area contributed by atoms with Gasteiger partial charge in [0.25, 0.3) is 0 Å². The van der Waals surface area contributed by atoms with Crippen LogP contribution in [0.2, 0.25) is 0 Å². The molecule has 0 bridgehead atoms. The van der Waals surface area contributed by atoms with Gasteiger partial charge in [-0.05, 0) is 50.7 Å². The van der Waals surface area contributed by atoms with E-state index in [1.165, 1.54) is 0 Å². The maximum atomic E-state index is 12.0. The highest BCUT2D eigenvalue weighted by atomic mass is 16.5. The number of pyridine rings is 2. The third kappa shape index (κ3) is 4.29. The lowest BCUT2D eigenvalue weighted by molar-refractivity contribution is -0.123. The van der Waals surface area contributed by atoms with Crippen LogP contribution in [0, 0.1) is 5.92 Å². The first-order chi connectivity index (χ1) is 14.3. The molecule has 3 fully saturated rings. The zero-order chi connectivity index (χ0) is 19.6. The van der Waals surface area contributed by atoms with E-state index < -0.39 is 0 Å². The number of morpholine rings is 1. The van der Waals surface area contributed by atoms with Crippen molar-refractivity contribution in [3.05, 3.63) is 24.4 Å². The number of nitrogens with one attached hydrogen (secondary N) is 1. The highest BCUT2D eigenvalue weighted by molar-refractivity contribution is 5.85. The molecule has 0 aromatic carbocycles. The van der Waals surface area contributed by atoms with Crippen LogP contribution in [0.4, 0.5) is 5.82 Å². The summed E-state index contributed by atoms with van der Waals surface area (Å²) in [6.45, 7) is 3.09. The average Bonchev–Trinajstić information content (AvgIpc) is 3.61. The van der Waals surface area contributed by atoms with E-state index in [2.05, 4.69) is 15.2 Å². The quantitative estimate of drug-likeness (QED) is 0.837. The third-order valence-corrected chi connectivity index (χ3v) is 6.13. The Morgan fingerprint density at radius 1 is 1.14 bits per heavy atom. The number of hydrogen-bond donors (Lipinski definition) is 1. The second-order valence-electron chi connectivity index (χ2n) is 8.33. The molecule has 0 spiro atoms. The fourth-order valence-electron chi connectivity index (χ4n) is 4.22. The molecular formula is C22H28N4O3. The number of hydrogen-bond acceptors (Lipinski definition) is 6. The minimum Gasteiger partial charge on any atom is -0.474 e. The normalized spacial score (nSPS) is 25.0. The molecule has 2 aliphatic carbocycles. The van der Waals surface area contributed by atoms with Crippen molar-refractivity contribution >= 4 is 22.6 Å². The van der Waals surface area contributed by atoms with Crippen molar-refractivity contribution < 1.29 is 14.3 Å². The Morgan fingerprint density at radius 2 is 1.93 bits per heavy atom. The minimum atomic E-state index is 0.125. The van der Waals surface area contributed by atoms with Gasteiger partial charge in [0.15, 0.2) is 0 Å². The zero-order valence-corrected chi connectivity index (χ0v) is 16.7. The van der Waals surface area contributed by atoms with Crippen LogP contribution in [0.5, 0.6) is 5.88 Å². The largest absolute Gasteiger partial charge is 0.474 e. The predicted molar refractivity (Wildman–Crippen MR) is 110 cm³/mol. The first-order valence-electron chi connectivity index (χ1n) is 10.8. The van der Waals surface area contributed by atoms with Crippen LogP contribution in [0.3, 0.4) is 0 Å². The molecule has 7 heteroatoms. The molecule has 1 N–H and O–H groups in total. The first-order valence-corrected chi connectivity index (χ1v) is 10.8. The van der Waals surface area contributed by atoms with Gasteiger partial charge >= 0.3 is 0 Å². The Bertz CT molecular complexity index is 871. The van der Waals surface area contributed by atoms with E-state index in [1.54, 1.807) is 0 Å². The van der Waals surface area contributed by atoms with Gasteiger partial charge in [-0.25, -0.2) is 0 Å². The lowest BCUT2D eigenvalue weighted by atomic mass is 9.93. The summed E-state index contributed by atoms with van der Waals surface area (Å²) in [4.78, 5) is 23.6. The van der Waals surface area contributed by atoms with Crippen molar-refractivity contribution in [2.24, 2.45) is 5.92 Å². The van der Waals surface area contributed by atoms with Crippen molar-refractivity contribution in [3.8, 4) is 5.88 Å². The molecular weight excluding hydrogens is 368 g/mol. The van der Waals surface area contributed by atoms with Crippen LogP contribution < -0.4 is 15.0 Å². The van der Waals surface area contributed by atoms with Gasteiger partial charge in [0.1, 0.15) is 11.9 Å². The molecule has 3 heterocycles. The highest BCUT2D eigenvalue weighted by Gasteiger charge is 2.32. The highest BCUT2D eigenvalue weighted by Crippen LogP contribution is 2.32. The number of aromatic nitrogens is 2. The summed E-state index contributed by atoms with van der Waals surface area (Å²) in [5.74, 6) is 2.09. The third-order valence-electron chi connectivity index (χ3n) is 6.13. The van der Waals surface area contributed by atoms with E-state index in [1.807, 2.05) is 24.4 Å². The summed E-state index contributed by atoms with van der Waals surface area (Å²) < 4.78 is 11.9. The van der Waals surface area contributed by atoms with Crippen molar-refractivity contribution in [2.75, 3.05) is 31.2 Å². The van der Waals surface area contributed by atoms with Gasteiger partial charge in [-0.1, -0.05) is 0 Å². The molecule has 1 aliphatic heterocycles. The van der Waals surface area contributed by atoms with E-state index >= 15 is 0 Å². The maximum absolute atomic E-state index is 12.0. The molecule has 0 radical (unpaired) electrons. The second-order valence-corrected chi connectivity index (χ2v) is 8.33. The monoisotopic (exact) mass is 396 g/mol. The zero-order valence-electron chi connectivity index (χ0n) is 16.7. The minimum absolute atomic E-state index is 0.125. The van der Waals surface area contributed by atoms with Crippen LogP contribution >= 0.6 is 0 Å². The number of carbonyl (C=O) groups excluding carboxylic acids is 1. The fourth-order valence-corrected chi connectivity index (χ4v) is 4.22. The van der Waals surface area contributed by atoms with Crippen molar-refractivity contribution in [3.63, 3.8) is 0 Å². The van der Waals surface area contributed by atoms with Crippen molar-refractivity contribution in [1.29, 1.82) is 0 Å². The van der Waals surface area contributed by atoms with Crippen LogP contribution in [-0.2, 0) is 9.53 Å². The van der Waals surface area contributed by atoms with Gasteiger partial charge in [-0.2, -0.15) is 4.98 Å². The SMILES string of the molecule is O=C(NC1CCC(Oc2nc(N3CCOCC3)cc3ncccc23)CC1)C1CC1. The molecule has 0 unspecified atom stereocenters. The van der Waals surface area contributed by atoms with Gasteiger partial charge in [0, 0.05) is 37.3 Å². The number of amides is 1. The molecule has 1 saturated heterocycles. The summed E-state index contributed by atoms with van der Waals surface area (Å²) in [6.07, 6.45) is 7.82. The summed E-state index contributed by atoms with van der Waals surface area (Å²) in [5.41, 5.74) is 0.907. The molecule has 2 aromatic rings. The molecule has 7 nitrogen and oxygen atoms in total. The van der Waals surface area contributed by atoms with Gasteiger partial charge < -0.3 is 19.7 Å². The molecule has 5 rings (SSSR count). The average molecular weight is 396 g/mol. The summed E-state index contributed by atoms with van der Waals surface area (Å²) in [7, 11) is 0. The molecule has 2 aromatic heterocycles. The lowest BCUT2D eigenvalue weighted by Gasteiger charge is -2.31. The second kappa shape index (κ2) is 8.14. The maximum Gasteiger partial charge on any atom is 0.225 e. The molecule has 3 aliphatic rings. The van der Waals surface area contributed by atoms with Gasteiger partial charge in [0.05, 0.1) is 24.1 Å². The predicted octanol–water partition coefficient (Wildman–Crippen LogP) is 2.68. The Labute approximate surface area is 170 Å². The van der Waals surface area contributed by atoms with Crippen molar-refractivity contribution in [2.45, 2.75) is 50.7 Å². The van der Waals surface area contributed by atoms with E-state index in [0.29, 0.717) is 19.1 Å².